The van der Waals surface area contributed by atoms with Crippen LogP contribution in [-0.4, -0.2) is 152 Å². The van der Waals surface area contributed by atoms with Gasteiger partial charge in [-0.1, -0.05) is 13.8 Å². The van der Waals surface area contributed by atoms with Crippen molar-refractivity contribution < 1.29 is 66.7 Å². The quantitative estimate of drug-likeness (QED) is 0.0406. The Kier molecular flexibility index (Phi) is 42.0. The Morgan fingerprint density at radius 3 is 1.74 bits per heavy atom. The molecule has 0 saturated heterocycles. The number of aromatic nitrogens is 4. The molecule has 0 bridgehead atoms. The number of amides is 1. The predicted octanol–water partition coefficient (Wildman–Crippen LogP) is 5.52. The number of aromatic amines is 1. The molecule has 0 aliphatic carbocycles. The molecule has 2 aromatic heterocycles. The first kappa shape index (κ1) is 70.0. The number of carbonyl (C=O) groups excluding carboxylic acids is 5. The molecule has 0 unspecified atom stereocenters. The van der Waals surface area contributed by atoms with Crippen LogP contribution in [0.3, 0.4) is 0 Å². The summed E-state index contributed by atoms with van der Waals surface area (Å²) in [6.07, 6.45) is 5.14. The van der Waals surface area contributed by atoms with Crippen molar-refractivity contribution in [3.05, 3.63) is 52.1 Å². The van der Waals surface area contributed by atoms with Gasteiger partial charge in [-0.05, 0) is 90.6 Å². The van der Waals surface area contributed by atoms with Gasteiger partial charge in [0.05, 0.1) is 37.8 Å². The zero-order valence-electron chi connectivity index (χ0n) is 41.7. The largest absolute Gasteiger partial charge is 0.481 e. The summed E-state index contributed by atoms with van der Waals surface area (Å²) in [5.74, 6) is -2.77. The van der Waals surface area contributed by atoms with Gasteiger partial charge in [0, 0.05) is 63.0 Å². The molecule has 23 nitrogen and oxygen atoms in total. The minimum atomic E-state index is -2.27. The van der Waals surface area contributed by atoms with Crippen LogP contribution in [-0.2, 0) is 58.2 Å². The fourth-order valence-corrected chi connectivity index (χ4v) is 5.93. The molecule has 3 rings (SSSR count). The zero-order chi connectivity index (χ0) is 54.2. The number of unbranched alkanes of at least 4 members (excludes halogenated alkanes) is 2. The van der Waals surface area contributed by atoms with Gasteiger partial charge in [0.2, 0.25) is 5.95 Å². The van der Waals surface area contributed by atoms with E-state index in [1.807, 2.05) is 54.9 Å². The van der Waals surface area contributed by atoms with Crippen molar-refractivity contribution in [3.8, 4) is 0 Å². The molecular weight excluding hydrogens is 942 g/mol. The number of ether oxygens (including phenoxy) is 1. The van der Waals surface area contributed by atoms with Gasteiger partial charge in [0.1, 0.15) is 33.2 Å². The Morgan fingerprint density at radius 1 is 0.754 bits per heavy atom. The molecule has 0 spiro atoms. The first-order chi connectivity index (χ1) is 32.5. The minimum absolute atomic E-state index is 0.0834. The van der Waals surface area contributed by atoms with Crippen LogP contribution in [0.25, 0.3) is 11.2 Å². The lowest BCUT2D eigenvalue weighted by molar-refractivity contribution is -0.140. The average Bonchev–Trinajstić information content (AvgIpc) is 3.29. The highest BCUT2D eigenvalue weighted by atomic mass is 31.2. The van der Waals surface area contributed by atoms with E-state index in [4.69, 9.17) is 38.1 Å². The fraction of sp³-hybridized carbons (Fsp3) is 0.568. The Hall–Kier alpha value is -5.57. The van der Waals surface area contributed by atoms with Crippen molar-refractivity contribution in [2.45, 2.75) is 111 Å². The van der Waals surface area contributed by atoms with Crippen molar-refractivity contribution in [1.29, 1.82) is 0 Å². The summed E-state index contributed by atoms with van der Waals surface area (Å²) in [6, 6.07) is 5.56. The van der Waals surface area contributed by atoms with Crippen LogP contribution in [0.2, 0.25) is 0 Å². The number of rotatable bonds is 25. The molecule has 1 amide bonds. The summed E-state index contributed by atoms with van der Waals surface area (Å²) in [6.45, 7) is 29.9. The highest BCUT2D eigenvalue weighted by Crippen LogP contribution is 2.37. The van der Waals surface area contributed by atoms with E-state index in [0.29, 0.717) is 42.7 Å². The third kappa shape index (κ3) is 40.1. The first-order valence-electron chi connectivity index (χ1n) is 21.5. The molecule has 392 valence electrons. The maximum Gasteiger partial charge on any atom is 0.326 e. The number of carboxylic acid groups (broad SMARTS) is 2. The third-order valence-electron chi connectivity index (χ3n) is 7.68. The van der Waals surface area contributed by atoms with Crippen LogP contribution in [0.1, 0.15) is 96.1 Å². The number of anilines is 2. The molecule has 7 N–H and O–H groups in total. The van der Waals surface area contributed by atoms with Crippen molar-refractivity contribution in [2.75, 3.05) is 63.7 Å². The summed E-state index contributed by atoms with van der Waals surface area (Å²) in [4.78, 5) is 94.0. The van der Waals surface area contributed by atoms with Gasteiger partial charge < -0.3 is 64.4 Å². The van der Waals surface area contributed by atoms with Crippen molar-refractivity contribution in [2.24, 2.45) is 0 Å². The normalized spacial score (nSPS) is 10.9. The molecule has 1 atom stereocenters. The van der Waals surface area contributed by atoms with Crippen molar-refractivity contribution in [3.63, 3.8) is 0 Å². The van der Waals surface area contributed by atoms with E-state index in [9.17, 15) is 33.4 Å². The number of aliphatic carboxylic acids is 2. The average molecular weight is 1020 g/mol. The van der Waals surface area contributed by atoms with Gasteiger partial charge in [-0.25, -0.2) is 14.8 Å². The number of hydrogen-bond donors (Lipinski definition) is 7. The number of carbonyl (C=O) groups is 7. The molecule has 0 fully saturated rings. The summed E-state index contributed by atoms with van der Waals surface area (Å²) < 4.78 is 37.9. The van der Waals surface area contributed by atoms with E-state index in [1.165, 1.54) is 18.3 Å². The van der Waals surface area contributed by atoms with Gasteiger partial charge in [0.15, 0.2) is 25.9 Å². The molecule has 2 heterocycles. The van der Waals surface area contributed by atoms with E-state index in [0.717, 1.165) is 38.8 Å². The number of nitrogens with one attached hydrogen (secondary N) is 5. The molecule has 0 radical (unpaired) electrons. The third-order valence-corrected chi connectivity index (χ3v) is 9.29. The molecule has 69 heavy (non-hydrogen) atoms. The SMILES string of the molecule is C=O.C=O.C=O.C=O.CC(C)NCCCCOP(C)(C)=O.CC(C)Nc1nc2ncc(CNc3ccc(C(=O)N[C@@H](CCC(=O)O)C(=O)O)cc3)nc2c(=O)[nH]1.CC(C)OCCCCOP(C)(C)=O. The highest BCUT2D eigenvalue weighted by Gasteiger charge is 2.21. The minimum Gasteiger partial charge on any atom is -0.481 e. The number of carboxylic acids is 2. The molecule has 1 aromatic carbocycles. The number of fused-ring (bicyclic) bond motifs is 1. The maximum absolute atomic E-state index is 12.3. The molecule has 25 heteroatoms. The first-order valence-corrected chi connectivity index (χ1v) is 26.5. The molecular formula is C44H76N8O15P2. The Balaban J connectivity index is -0.000000512. The summed E-state index contributed by atoms with van der Waals surface area (Å²) in [5, 5.41) is 29.6. The van der Waals surface area contributed by atoms with Gasteiger partial charge in [-0.15, -0.1) is 0 Å². The van der Waals surface area contributed by atoms with Gasteiger partial charge in [-0.2, -0.15) is 4.98 Å². The number of nitrogens with zero attached hydrogens (tertiary/aromatic N) is 3. The number of H-pyrrole nitrogens is 1. The van der Waals surface area contributed by atoms with Crippen LogP contribution in [0, 0.1) is 0 Å². The van der Waals surface area contributed by atoms with Crippen LogP contribution >= 0.6 is 14.7 Å². The second-order valence-electron chi connectivity index (χ2n) is 15.6. The summed E-state index contributed by atoms with van der Waals surface area (Å²) in [7, 11) is -4.53. The highest BCUT2D eigenvalue weighted by molar-refractivity contribution is 7.57. The van der Waals surface area contributed by atoms with Gasteiger partial charge >= 0.3 is 11.9 Å². The smallest absolute Gasteiger partial charge is 0.326 e. The van der Waals surface area contributed by atoms with Crippen molar-refractivity contribution in [1.82, 2.24) is 30.6 Å². The standard InChI is InChI=1S/C22H25N7O6.C9H22NO2P.C9H21O3P.4CH2O/c1-11(2)25-22-28-18-17(20(33)29-22)26-14(10-24-18)9-23-13-5-3-12(4-6-13)19(32)27-15(21(34)35)7-8-16(30)31;1-9(2)10-7-5-6-8-12-13(3,4)11;1-9(2)11-7-5-6-8-12-13(3,4)10;4*1-2/h3-6,10-11,15,23H,7-9H2,1-2H3,(H,27,32)(H,30,31)(H,34,35)(H2,24,25,28,29,33);9-10H,5-8H2,1-4H3;9H,5-8H2,1-4H3;4*1H2/t15-;;;;;;/m0....../s1. The lowest BCUT2D eigenvalue weighted by Crippen LogP contribution is -2.41. The predicted molar refractivity (Wildman–Crippen MR) is 268 cm³/mol. The van der Waals surface area contributed by atoms with E-state index >= 15 is 0 Å². The van der Waals surface area contributed by atoms with Crippen LogP contribution in [0.5, 0.6) is 0 Å². The van der Waals surface area contributed by atoms with E-state index in [2.05, 4.69) is 55.1 Å². The Bertz CT molecular complexity index is 1970. The van der Waals surface area contributed by atoms with Gasteiger partial charge in [-0.3, -0.25) is 28.5 Å². The van der Waals surface area contributed by atoms with Crippen LogP contribution in [0.15, 0.2) is 35.3 Å². The van der Waals surface area contributed by atoms with E-state index < -0.39 is 44.2 Å². The van der Waals surface area contributed by atoms with Gasteiger partial charge in [0.25, 0.3) is 11.5 Å². The monoisotopic (exact) mass is 1020 g/mol. The molecule has 0 aliphatic rings. The lowest BCUT2D eigenvalue weighted by atomic mass is 10.1. The van der Waals surface area contributed by atoms with E-state index in [-0.39, 0.29) is 42.2 Å². The van der Waals surface area contributed by atoms with Crippen LogP contribution < -0.4 is 26.8 Å². The summed E-state index contributed by atoms with van der Waals surface area (Å²) in [5.41, 5.74) is 1.28. The van der Waals surface area contributed by atoms with E-state index in [1.54, 1.807) is 38.8 Å². The maximum atomic E-state index is 12.3. The topological polar surface area (TPSA) is 341 Å². The second-order valence-corrected chi connectivity index (χ2v) is 21.1. The molecule has 0 aliphatic heterocycles. The second kappa shape index (κ2) is 41.4. The Morgan fingerprint density at radius 2 is 1.28 bits per heavy atom. The van der Waals surface area contributed by atoms with Crippen molar-refractivity contribution >= 4 is 82.5 Å². The number of hydrogen-bond acceptors (Lipinski definition) is 19. The molecule has 3 aromatic rings. The fourth-order valence-electron chi connectivity index (χ4n) is 4.79. The zero-order valence-corrected chi connectivity index (χ0v) is 43.5. The summed E-state index contributed by atoms with van der Waals surface area (Å²) >= 11 is 0. The molecule has 0 saturated carbocycles. The lowest BCUT2D eigenvalue weighted by Gasteiger charge is -2.14. The van der Waals surface area contributed by atoms with Crippen LogP contribution in [0.4, 0.5) is 11.6 Å². The Labute approximate surface area is 405 Å². The number of benzene rings is 1.